The number of para-hydroxylation sites is 1. The molecule has 9 nitrogen and oxygen atoms in total. The number of rotatable bonds is 9. The zero-order valence-electron chi connectivity index (χ0n) is 20.8. The maximum absolute atomic E-state index is 13.0. The van der Waals surface area contributed by atoms with Crippen molar-refractivity contribution in [1.82, 2.24) is 4.31 Å². The van der Waals surface area contributed by atoms with E-state index >= 15 is 0 Å². The summed E-state index contributed by atoms with van der Waals surface area (Å²) in [5.41, 5.74) is 3.55. The van der Waals surface area contributed by atoms with Gasteiger partial charge in [0.15, 0.2) is 0 Å². The molecular formula is C25H30N4O5S2. The third-order valence-electron chi connectivity index (χ3n) is 5.50. The quantitative estimate of drug-likeness (QED) is 0.438. The van der Waals surface area contributed by atoms with Crippen molar-refractivity contribution in [3.63, 3.8) is 0 Å². The Morgan fingerprint density at radius 3 is 2.08 bits per heavy atom. The van der Waals surface area contributed by atoms with Gasteiger partial charge in [-0.15, -0.1) is 0 Å². The molecule has 36 heavy (non-hydrogen) atoms. The van der Waals surface area contributed by atoms with Crippen LogP contribution in [0.1, 0.15) is 16.7 Å². The summed E-state index contributed by atoms with van der Waals surface area (Å²) in [6.45, 7) is 4.95. The van der Waals surface area contributed by atoms with E-state index in [2.05, 4.69) is 10.0 Å². The zero-order chi connectivity index (χ0) is 26.7. The molecule has 0 saturated heterocycles. The molecule has 3 aromatic carbocycles. The summed E-state index contributed by atoms with van der Waals surface area (Å²) in [4.78, 5) is 12.9. The Morgan fingerprint density at radius 1 is 0.833 bits per heavy atom. The molecule has 0 aliphatic heterocycles. The van der Waals surface area contributed by atoms with Gasteiger partial charge in [0.1, 0.15) is 6.54 Å². The lowest BCUT2D eigenvalue weighted by atomic mass is 10.1. The maximum atomic E-state index is 13.0. The number of amides is 1. The Kier molecular flexibility index (Phi) is 8.07. The number of carbonyl (C=O) groups is 1. The molecule has 2 N–H and O–H groups in total. The maximum Gasteiger partial charge on any atom is 0.304 e. The number of anilines is 3. The van der Waals surface area contributed by atoms with Crippen molar-refractivity contribution in [2.24, 2.45) is 0 Å². The van der Waals surface area contributed by atoms with Crippen LogP contribution in [0.3, 0.4) is 0 Å². The molecule has 0 aliphatic carbocycles. The van der Waals surface area contributed by atoms with E-state index in [0.717, 1.165) is 19.7 Å². The van der Waals surface area contributed by atoms with Gasteiger partial charge < -0.3 is 5.32 Å². The lowest BCUT2D eigenvalue weighted by molar-refractivity contribution is -0.114. The number of benzene rings is 3. The van der Waals surface area contributed by atoms with Crippen LogP contribution in [0.5, 0.6) is 0 Å². The van der Waals surface area contributed by atoms with Crippen LogP contribution in [0, 0.1) is 20.8 Å². The summed E-state index contributed by atoms with van der Waals surface area (Å²) in [5, 5.41) is 2.65. The molecule has 0 radical (unpaired) electrons. The first kappa shape index (κ1) is 27.2. The summed E-state index contributed by atoms with van der Waals surface area (Å²) in [5.74, 6) is -0.574. The predicted molar refractivity (Wildman–Crippen MR) is 143 cm³/mol. The van der Waals surface area contributed by atoms with Gasteiger partial charge in [0.2, 0.25) is 5.91 Å². The topological polar surface area (TPSA) is 116 Å². The SMILES string of the molecule is Cc1ccc(C)c(N(CC(=O)Nc2ccc(S(=O)(=O)Nc3ccccc3C)cc2)S(=O)(=O)N(C)C)c1. The van der Waals surface area contributed by atoms with Crippen molar-refractivity contribution in [2.75, 3.05) is 35.0 Å². The van der Waals surface area contributed by atoms with E-state index in [0.29, 0.717) is 22.6 Å². The van der Waals surface area contributed by atoms with Gasteiger partial charge in [-0.2, -0.15) is 12.7 Å². The van der Waals surface area contributed by atoms with Crippen molar-refractivity contribution in [2.45, 2.75) is 25.7 Å². The monoisotopic (exact) mass is 530 g/mol. The second-order valence-corrected chi connectivity index (χ2v) is 12.3. The second kappa shape index (κ2) is 10.7. The van der Waals surface area contributed by atoms with E-state index < -0.39 is 32.7 Å². The molecule has 0 fully saturated rings. The minimum atomic E-state index is -3.96. The van der Waals surface area contributed by atoms with E-state index in [1.54, 1.807) is 44.2 Å². The number of sulfonamides is 1. The fraction of sp³-hybridized carbons (Fsp3) is 0.240. The molecule has 3 rings (SSSR count). The first-order valence-electron chi connectivity index (χ1n) is 11.1. The Bertz CT molecular complexity index is 1470. The molecule has 192 valence electrons. The highest BCUT2D eigenvalue weighted by Gasteiger charge is 2.28. The first-order valence-corrected chi connectivity index (χ1v) is 13.9. The summed E-state index contributed by atoms with van der Waals surface area (Å²) < 4.78 is 56.2. The van der Waals surface area contributed by atoms with E-state index in [1.165, 1.54) is 38.4 Å². The van der Waals surface area contributed by atoms with Crippen molar-refractivity contribution in [1.29, 1.82) is 0 Å². The van der Waals surface area contributed by atoms with E-state index in [-0.39, 0.29) is 4.90 Å². The van der Waals surface area contributed by atoms with Crippen LogP contribution >= 0.6 is 0 Å². The standard InChI is InChI=1S/C25H30N4O5S2/c1-18-10-11-20(3)24(16-18)29(36(33,34)28(4)5)17-25(30)26-21-12-14-22(15-13-21)35(31,32)27-23-9-7-6-8-19(23)2/h6-16,27H,17H2,1-5H3,(H,26,30). The van der Waals surface area contributed by atoms with Gasteiger partial charge in [0.25, 0.3) is 10.0 Å². The van der Waals surface area contributed by atoms with Gasteiger partial charge in [0, 0.05) is 19.8 Å². The van der Waals surface area contributed by atoms with Crippen molar-refractivity contribution < 1.29 is 21.6 Å². The molecule has 0 bridgehead atoms. The molecule has 3 aromatic rings. The van der Waals surface area contributed by atoms with Gasteiger partial charge in [-0.1, -0.05) is 30.3 Å². The number of hydrogen-bond acceptors (Lipinski definition) is 5. The summed E-state index contributed by atoms with van der Waals surface area (Å²) in [6, 6.07) is 18.0. The Hall–Kier alpha value is -3.41. The average Bonchev–Trinajstić information content (AvgIpc) is 2.81. The lowest BCUT2D eigenvalue weighted by Crippen LogP contribution is -2.44. The van der Waals surface area contributed by atoms with Gasteiger partial charge in [-0.25, -0.2) is 12.7 Å². The number of hydrogen-bond donors (Lipinski definition) is 2. The minimum absolute atomic E-state index is 0.0240. The van der Waals surface area contributed by atoms with Gasteiger partial charge in [-0.3, -0.25) is 9.52 Å². The van der Waals surface area contributed by atoms with E-state index in [1.807, 2.05) is 19.1 Å². The highest BCUT2D eigenvalue weighted by molar-refractivity contribution is 7.92. The van der Waals surface area contributed by atoms with E-state index in [4.69, 9.17) is 0 Å². The Balaban J connectivity index is 1.79. The minimum Gasteiger partial charge on any atom is -0.325 e. The molecule has 1 amide bonds. The third kappa shape index (κ3) is 6.23. The number of nitrogens with one attached hydrogen (secondary N) is 2. The normalized spacial score (nSPS) is 11.8. The molecular weight excluding hydrogens is 500 g/mol. The van der Waals surface area contributed by atoms with Crippen LogP contribution in [0.25, 0.3) is 0 Å². The lowest BCUT2D eigenvalue weighted by Gasteiger charge is -2.28. The van der Waals surface area contributed by atoms with Gasteiger partial charge in [-0.05, 0) is 73.9 Å². The first-order chi connectivity index (χ1) is 16.8. The second-order valence-electron chi connectivity index (χ2n) is 8.58. The Morgan fingerprint density at radius 2 is 1.47 bits per heavy atom. The molecule has 11 heteroatoms. The molecule has 0 atom stereocenters. The number of aryl methyl sites for hydroxylation is 3. The van der Waals surface area contributed by atoms with Crippen LogP contribution in [-0.4, -0.2) is 47.7 Å². The number of carbonyl (C=O) groups excluding carboxylic acids is 1. The third-order valence-corrected chi connectivity index (χ3v) is 8.69. The van der Waals surface area contributed by atoms with Crippen LogP contribution in [0.2, 0.25) is 0 Å². The van der Waals surface area contributed by atoms with Crippen molar-refractivity contribution in [3.8, 4) is 0 Å². The fourth-order valence-electron chi connectivity index (χ4n) is 3.42. The number of nitrogens with zero attached hydrogens (tertiary/aromatic N) is 2. The van der Waals surface area contributed by atoms with E-state index in [9.17, 15) is 21.6 Å². The highest BCUT2D eigenvalue weighted by atomic mass is 32.2. The largest absolute Gasteiger partial charge is 0.325 e. The fourth-order valence-corrected chi connectivity index (χ4v) is 5.67. The van der Waals surface area contributed by atoms with Crippen LogP contribution in [-0.2, 0) is 25.0 Å². The molecule has 0 heterocycles. The van der Waals surface area contributed by atoms with Crippen molar-refractivity contribution in [3.05, 3.63) is 83.4 Å². The molecule has 0 aliphatic rings. The molecule has 0 aromatic heterocycles. The molecule has 0 saturated carbocycles. The smallest absolute Gasteiger partial charge is 0.304 e. The Labute approximate surface area is 213 Å². The van der Waals surface area contributed by atoms with Crippen LogP contribution < -0.4 is 14.3 Å². The summed E-state index contributed by atoms with van der Waals surface area (Å²) in [6.07, 6.45) is 0. The molecule has 0 spiro atoms. The van der Waals surface area contributed by atoms with Crippen LogP contribution in [0.15, 0.2) is 71.6 Å². The summed E-state index contributed by atoms with van der Waals surface area (Å²) in [7, 11) is -4.99. The summed E-state index contributed by atoms with van der Waals surface area (Å²) >= 11 is 0. The predicted octanol–water partition coefficient (Wildman–Crippen LogP) is 3.66. The van der Waals surface area contributed by atoms with Crippen LogP contribution in [0.4, 0.5) is 17.1 Å². The highest BCUT2D eigenvalue weighted by Crippen LogP contribution is 2.26. The molecule has 0 unspecified atom stereocenters. The van der Waals surface area contributed by atoms with Gasteiger partial charge in [0.05, 0.1) is 16.3 Å². The van der Waals surface area contributed by atoms with Gasteiger partial charge >= 0.3 is 10.2 Å². The van der Waals surface area contributed by atoms with Crippen molar-refractivity contribution >= 4 is 43.2 Å². The average molecular weight is 531 g/mol. The zero-order valence-corrected chi connectivity index (χ0v) is 22.4.